The third-order valence-electron chi connectivity index (χ3n) is 6.31. The van der Waals surface area contributed by atoms with Gasteiger partial charge in [-0.1, -0.05) is 79.8 Å². The van der Waals surface area contributed by atoms with Gasteiger partial charge in [0.25, 0.3) is 5.91 Å². The zero-order valence-corrected chi connectivity index (χ0v) is 25.7. The van der Waals surface area contributed by atoms with Gasteiger partial charge in [0.2, 0.25) is 5.91 Å². The van der Waals surface area contributed by atoms with Crippen molar-refractivity contribution in [2.75, 3.05) is 6.54 Å². The summed E-state index contributed by atoms with van der Waals surface area (Å²) in [4.78, 5) is 35.9. The molecule has 1 aromatic carbocycles. The van der Waals surface area contributed by atoms with E-state index in [0.29, 0.717) is 32.2 Å². The minimum absolute atomic E-state index is 0.0837. The quantitative estimate of drug-likeness (QED) is 0.0483. The van der Waals surface area contributed by atoms with Crippen molar-refractivity contribution in [1.29, 1.82) is 0 Å². The summed E-state index contributed by atoms with van der Waals surface area (Å²) in [6.07, 6.45) is 33.4. The zero-order valence-electron chi connectivity index (χ0n) is 25.7. The minimum atomic E-state index is -1.23. The summed E-state index contributed by atoms with van der Waals surface area (Å²) in [5, 5.41) is 43.0. The largest absolute Gasteiger partial charge is 0.504 e. The van der Waals surface area contributed by atoms with Crippen molar-refractivity contribution >= 4 is 17.8 Å². The van der Waals surface area contributed by atoms with Gasteiger partial charge in [-0.2, -0.15) is 0 Å². The van der Waals surface area contributed by atoms with Crippen LogP contribution in [0.4, 0.5) is 0 Å². The number of carboxylic acids is 1. The Morgan fingerprint density at radius 2 is 1.20 bits per heavy atom. The normalized spacial score (nSPS) is 12.8. The maximum atomic E-state index is 12.3. The number of phenols is 3. The lowest BCUT2D eigenvalue weighted by Gasteiger charge is -2.15. The molecule has 1 aromatic rings. The highest BCUT2D eigenvalue weighted by molar-refractivity contribution is 5.97. The van der Waals surface area contributed by atoms with Crippen LogP contribution in [0.15, 0.2) is 85.0 Å². The second-order valence-corrected chi connectivity index (χ2v) is 10.0. The highest BCUT2D eigenvalue weighted by atomic mass is 16.4. The van der Waals surface area contributed by atoms with Gasteiger partial charge in [-0.05, 0) is 76.3 Å². The summed E-state index contributed by atoms with van der Waals surface area (Å²) in [6.45, 7) is 2.53. The second-order valence-electron chi connectivity index (χ2n) is 10.0. The van der Waals surface area contributed by atoms with Gasteiger partial charge in [0.1, 0.15) is 6.04 Å². The Labute approximate surface area is 261 Å². The third-order valence-corrected chi connectivity index (χ3v) is 6.31. The number of carbonyl (C=O) groups is 3. The SMILES string of the molecule is CCC=CCC=CCC=CCC=CCC=CCC=CCCC(=O)NCCCCC(NC(=O)c1cc(O)c(O)c(O)c1)C(=O)O. The number of rotatable bonds is 22. The first-order valence-electron chi connectivity index (χ1n) is 15.2. The molecule has 0 saturated carbocycles. The van der Waals surface area contributed by atoms with E-state index in [9.17, 15) is 34.8 Å². The number of unbranched alkanes of at least 4 members (excludes halogenated alkanes) is 1. The first kappa shape index (κ1) is 37.5. The molecule has 0 aliphatic carbocycles. The number of carboxylic acid groups (broad SMARTS) is 1. The van der Waals surface area contributed by atoms with E-state index >= 15 is 0 Å². The fourth-order valence-electron chi connectivity index (χ4n) is 3.88. The molecule has 6 N–H and O–H groups in total. The summed E-state index contributed by atoms with van der Waals surface area (Å²) in [6, 6.07) is 0.669. The Hall–Kier alpha value is -4.53. The Morgan fingerprint density at radius 3 is 1.68 bits per heavy atom. The van der Waals surface area contributed by atoms with Crippen LogP contribution < -0.4 is 10.6 Å². The standard InChI is InChI=1S/C35H48N2O7/c1-2-3-4-5-6-7-8-9-10-11-12-13-14-15-16-17-18-19-20-24-32(40)36-25-22-21-23-29(35(43)44)37-34(42)28-26-30(38)33(41)31(39)27-28/h3-4,6-7,9-10,12-13,15-16,18-19,26-27,29,38-39,41H,2,5,8,11,14,17,20-25H2,1H3,(H,36,40)(H,37,42)(H,43,44). The number of phenolic OH excluding ortho intramolecular Hbond substituents is 3. The maximum Gasteiger partial charge on any atom is 0.326 e. The third kappa shape index (κ3) is 18.1. The van der Waals surface area contributed by atoms with Gasteiger partial charge in [-0.3, -0.25) is 9.59 Å². The minimum Gasteiger partial charge on any atom is -0.504 e. The number of amides is 2. The molecular weight excluding hydrogens is 560 g/mol. The number of benzene rings is 1. The molecule has 0 bridgehead atoms. The molecule has 9 heteroatoms. The van der Waals surface area contributed by atoms with E-state index in [1.54, 1.807) is 0 Å². The van der Waals surface area contributed by atoms with Crippen molar-refractivity contribution in [1.82, 2.24) is 10.6 Å². The van der Waals surface area contributed by atoms with Crippen LogP contribution in [0.2, 0.25) is 0 Å². The first-order chi connectivity index (χ1) is 21.3. The number of aliphatic carboxylic acids is 1. The highest BCUT2D eigenvalue weighted by Crippen LogP contribution is 2.35. The lowest BCUT2D eigenvalue weighted by molar-refractivity contribution is -0.139. The van der Waals surface area contributed by atoms with Crippen molar-refractivity contribution in [2.24, 2.45) is 0 Å². The molecule has 0 spiro atoms. The smallest absolute Gasteiger partial charge is 0.326 e. The fraction of sp³-hybridized carbons (Fsp3) is 0.400. The van der Waals surface area contributed by atoms with Crippen LogP contribution in [0, 0.1) is 0 Å². The predicted molar refractivity (Wildman–Crippen MR) is 175 cm³/mol. The molecular formula is C35H48N2O7. The summed E-state index contributed by atoms with van der Waals surface area (Å²) in [5.41, 5.74) is -0.191. The fourth-order valence-corrected chi connectivity index (χ4v) is 3.88. The van der Waals surface area contributed by atoms with E-state index in [1.165, 1.54) is 0 Å². The number of nitrogens with one attached hydrogen (secondary N) is 2. The molecule has 1 unspecified atom stereocenters. The van der Waals surface area contributed by atoms with E-state index in [-0.39, 0.29) is 17.9 Å². The summed E-state index contributed by atoms with van der Waals surface area (Å²) in [7, 11) is 0. The average Bonchev–Trinajstić information content (AvgIpc) is 2.99. The summed E-state index contributed by atoms with van der Waals surface area (Å²) < 4.78 is 0. The van der Waals surface area contributed by atoms with E-state index in [4.69, 9.17) is 0 Å². The van der Waals surface area contributed by atoms with E-state index in [0.717, 1.165) is 50.7 Å². The molecule has 0 radical (unpaired) electrons. The zero-order chi connectivity index (χ0) is 32.4. The molecule has 1 rings (SSSR count). The van der Waals surface area contributed by atoms with Gasteiger partial charge in [-0.15, -0.1) is 0 Å². The first-order valence-corrected chi connectivity index (χ1v) is 15.2. The molecule has 44 heavy (non-hydrogen) atoms. The van der Waals surface area contributed by atoms with Gasteiger partial charge in [0, 0.05) is 18.5 Å². The van der Waals surface area contributed by atoms with Crippen LogP contribution in [0.5, 0.6) is 17.2 Å². The lowest BCUT2D eigenvalue weighted by atomic mass is 10.1. The predicted octanol–water partition coefficient (Wildman–Crippen LogP) is 6.75. The number of hydrogen-bond donors (Lipinski definition) is 6. The molecule has 2 amide bonds. The van der Waals surface area contributed by atoms with Gasteiger partial charge in [0.15, 0.2) is 17.2 Å². The molecule has 240 valence electrons. The molecule has 0 aliphatic rings. The van der Waals surface area contributed by atoms with Gasteiger partial charge in [0.05, 0.1) is 0 Å². The van der Waals surface area contributed by atoms with Crippen molar-refractivity contribution in [3.8, 4) is 17.2 Å². The van der Waals surface area contributed by atoms with Crippen LogP contribution in [0.3, 0.4) is 0 Å². The maximum absolute atomic E-state index is 12.3. The van der Waals surface area contributed by atoms with Crippen molar-refractivity contribution < 1.29 is 34.8 Å². The Bertz CT molecular complexity index is 1170. The van der Waals surface area contributed by atoms with Crippen LogP contribution in [-0.4, -0.2) is 50.8 Å². The van der Waals surface area contributed by atoms with Crippen molar-refractivity contribution in [2.45, 2.75) is 83.6 Å². The lowest BCUT2D eigenvalue weighted by Crippen LogP contribution is -2.40. The number of carbonyl (C=O) groups excluding carboxylic acids is 2. The second kappa shape index (κ2) is 24.0. The van der Waals surface area contributed by atoms with Gasteiger partial charge < -0.3 is 31.1 Å². The van der Waals surface area contributed by atoms with E-state index < -0.39 is 35.2 Å². The molecule has 0 aromatic heterocycles. The highest BCUT2D eigenvalue weighted by Gasteiger charge is 2.22. The van der Waals surface area contributed by atoms with Crippen LogP contribution in [0.25, 0.3) is 0 Å². The van der Waals surface area contributed by atoms with Gasteiger partial charge >= 0.3 is 5.97 Å². The molecule has 0 fully saturated rings. The van der Waals surface area contributed by atoms with Crippen molar-refractivity contribution in [3.05, 3.63) is 90.6 Å². The Balaban J connectivity index is 2.12. The van der Waals surface area contributed by atoms with Crippen LogP contribution in [0.1, 0.15) is 87.9 Å². The van der Waals surface area contributed by atoms with Gasteiger partial charge in [-0.25, -0.2) is 4.79 Å². The van der Waals surface area contributed by atoms with Crippen LogP contribution >= 0.6 is 0 Å². The summed E-state index contributed by atoms with van der Waals surface area (Å²) >= 11 is 0. The number of hydrogen-bond acceptors (Lipinski definition) is 6. The Morgan fingerprint density at radius 1 is 0.727 bits per heavy atom. The van der Waals surface area contributed by atoms with Crippen LogP contribution in [-0.2, 0) is 9.59 Å². The van der Waals surface area contributed by atoms with Crippen molar-refractivity contribution in [3.63, 3.8) is 0 Å². The molecule has 9 nitrogen and oxygen atoms in total. The monoisotopic (exact) mass is 608 g/mol. The van der Waals surface area contributed by atoms with E-state index in [1.807, 2.05) is 12.2 Å². The molecule has 0 heterocycles. The Kier molecular flexibility index (Phi) is 20.4. The molecule has 0 aliphatic heterocycles. The molecule has 1 atom stereocenters. The summed E-state index contributed by atoms with van der Waals surface area (Å²) in [5.74, 6) is -4.29. The number of aromatic hydroxyl groups is 3. The number of allylic oxidation sites excluding steroid dienone is 12. The topological polar surface area (TPSA) is 156 Å². The average molecular weight is 609 g/mol. The van der Waals surface area contributed by atoms with E-state index in [2.05, 4.69) is 78.3 Å². The molecule has 0 saturated heterocycles.